The van der Waals surface area contributed by atoms with Gasteiger partial charge in [0.15, 0.2) is 0 Å². The summed E-state index contributed by atoms with van der Waals surface area (Å²) in [5, 5.41) is 12.3. The molecule has 6 heteroatoms. The summed E-state index contributed by atoms with van der Waals surface area (Å²) in [6.07, 6.45) is 0.360. The summed E-state index contributed by atoms with van der Waals surface area (Å²) in [6.45, 7) is 2.79. The fourth-order valence-corrected chi connectivity index (χ4v) is 0.843. The molecule has 13 heavy (non-hydrogen) atoms. The van der Waals surface area contributed by atoms with E-state index in [1.807, 2.05) is 13.0 Å². The van der Waals surface area contributed by atoms with Crippen molar-refractivity contribution in [3.05, 3.63) is 0 Å². The lowest BCUT2D eigenvalue weighted by Gasteiger charge is -1.95. The van der Waals surface area contributed by atoms with Gasteiger partial charge in [-0.05, 0) is 6.92 Å². The van der Waals surface area contributed by atoms with Gasteiger partial charge >= 0.3 is 6.01 Å². The predicted octanol–water partition coefficient (Wildman–Crippen LogP) is 0.173. The van der Waals surface area contributed by atoms with Gasteiger partial charge in [-0.3, -0.25) is 0 Å². The molecular formula is C7H11N5O. The van der Waals surface area contributed by atoms with Crippen LogP contribution >= 0.6 is 0 Å². The number of nitriles is 1. The van der Waals surface area contributed by atoms with Gasteiger partial charge in [0.2, 0.25) is 5.95 Å². The molecule has 1 aromatic heterocycles. The summed E-state index contributed by atoms with van der Waals surface area (Å²) < 4.78 is 6.49. The number of aromatic nitrogens is 3. The smallest absolute Gasteiger partial charge is 0.337 e. The topological polar surface area (TPSA) is 89.8 Å². The fourth-order valence-electron chi connectivity index (χ4n) is 0.843. The monoisotopic (exact) mass is 181 g/mol. The first-order valence-electron chi connectivity index (χ1n) is 3.98. The van der Waals surface area contributed by atoms with Gasteiger partial charge in [0.25, 0.3) is 0 Å². The molecule has 0 fully saturated rings. The van der Waals surface area contributed by atoms with Gasteiger partial charge in [-0.25, -0.2) is 4.68 Å². The van der Waals surface area contributed by atoms with Crippen LogP contribution in [-0.4, -0.2) is 21.4 Å². The van der Waals surface area contributed by atoms with E-state index >= 15 is 0 Å². The second-order valence-corrected chi connectivity index (χ2v) is 2.32. The number of nitrogen functional groups attached to an aromatic ring is 1. The second kappa shape index (κ2) is 4.30. The largest absolute Gasteiger partial charge is 0.463 e. The van der Waals surface area contributed by atoms with Crippen LogP contribution in [0.15, 0.2) is 0 Å². The first kappa shape index (κ1) is 9.32. The maximum absolute atomic E-state index is 8.35. The minimum absolute atomic E-state index is 0.262. The Morgan fingerprint density at radius 2 is 2.46 bits per heavy atom. The van der Waals surface area contributed by atoms with E-state index in [4.69, 9.17) is 15.7 Å². The molecule has 1 aromatic rings. The van der Waals surface area contributed by atoms with Crippen molar-refractivity contribution < 1.29 is 4.74 Å². The van der Waals surface area contributed by atoms with Crippen molar-refractivity contribution >= 4 is 5.95 Å². The normalized spacial score (nSPS) is 9.54. The molecule has 0 radical (unpaired) electrons. The van der Waals surface area contributed by atoms with Crippen molar-refractivity contribution in [3.8, 4) is 12.1 Å². The Bertz CT molecular complexity index is 313. The summed E-state index contributed by atoms with van der Waals surface area (Å²) in [5.74, 6) is 0.277. The second-order valence-electron chi connectivity index (χ2n) is 2.32. The molecule has 0 saturated heterocycles. The zero-order chi connectivity index (χ0) is 9.68. The third kappa shape index (κ3) is 2.33. The molecule has 0 aliphatic heterocycles. The molecule has 0 saturated carbocycles. The Hall–Kier alpha value is -1.77. The predicted molar refractivity (Wildman–Crippen MR) is 45.8 cm³/mol. The average molecular weight is 181 g/mol. The maximum atomic E-state index is 8.35. The van der Waals surface area contributed by atoms with Gasteiger partial charge in [0.1, 0.15) is 0 Å². The van der Waals surface area contributed by atoms with Crippen molar-refractivity contribution in [2.45, 2.75) is 19.9 Å². The molecule has 6 nitrogen and oxygen atoms in total. The molecule has 1 heterocycles. The van der Waals surface area contributed by atoms with E-state index in [-0.39, 0.29) is 12.0 Å². The van der Waals surface area contributed by atoms with E-state index < -0.39 is 0 Å². The molecule has 0 spiro atoms. The van der Waals surface area contributed by atoms with Crippen LogP contribution in [0.2, 0.25) is 0 Å². The van der Waals surface area contributed by atoms with Crippen molar-refractivity contribution in [1.82, 2.24) is 14.8 Å². The Labute approximate surface area is 75.9 Å². The highest BCUT2D eigenvalue weighted by atomic mass is 16.5. The highest BCUT2D eigenvalue weighted by Crippen LogP contribution is 2.07. The third-order valence-electron chi connectivity index (χ3n) is 1.39. The van der Waals surface area contributed by atoms with Gasteiger partial charge in [-0.1, -0.05) is 0 Å². The standard InChI is InChI=1S/C7H11N5O/c1-2-13-7-10-6(9)12(11-7)5-3-4-8/h2-3,5H2,1H3,(H2,9,10,11). The number of hydrogen-bond donors (Lipinski definition) is 1. The number of nitrogens with zero attached hydrogens (tertiary/aromatic N) is 4. The van der Waals surface area contributed by atoms with Crippen LogP contribution < -0.4 is 10.5 Å². The van der Waals surface area contributed by atoms with Crippen LogP contribution in [0.3, 0.4) is 0 Å². The van der Waals surface area contributed by atoms with Crippen LogP contribution in [0, 0.1) is 11.3 Å². The molecule has 70 valence electrons. The molecule has 0 unspecified atom stereocenters. The lowest BCUT2D eigenvalue weighted by molar-refractivity contribution is 0.310. The summed E-state index contributed by atoms with van der Waals surface area (Å²) in [5.41, 5.74) is 5.51. The Morgan fingerprint density at radius 1 is 1.69 bits per heavy atom. The SMILES string of the molecule is CCOc1nc(N)n(CCC#N)n1. The highest BCUT2D eigenvalue weighted by molar-refractivity contribution is 5.18. The maximum Gasteiger partial charge on any atom is 0.337 e. The van der Waals surface area contributed by atoms with Crippen LogP contribution in [0.5, 0.6) is 6.01 Å². The zero-order valence-corrected chi connectivity index (χ0v) is 7.40. The molecular weight excluding hydrogens is 170 g/mol. The number of rotatable bonds is 4. The molecule has 0 aliphatic carbocycles. The Kier molecular flexibility index (Phi) is 3.09. The molecule has 0 bridgehead atoms. The number of ether oxygens (including phenoxy) is 1. The Morgan fingerprint density at radius 3 is 3.08 bits per heavy atom. The van der Waals surface area contributed by atoms with Crippen molar-refractivity contribution in [2.75, 3.05) is 12.3 Å². The summed E-state index contributed by atoms with van der Waals surface area (Å²) >= 11 is 0. The van der Waals surface area contributed by atoms with Crippen LogP contribution in [0.25, 0.3) is 0 Å². The molecule has 0 atom stereocenters. The van der Waals surface area contributed by atoms with E-state index in [2.05, 4.69) is 10.1 Å². The molecule has 0 aliphatic rings. The molecule has 0 aromatic carbocycles. The van der Waals surface area contributed by atoms with Crippen molar-refractivity contribution in [3.63, 3.8) is 0 Å². The van der Waals surface area contributed by atoms with E-state index in [1.54, 1.807) is 0 Å². The quantitative estimate of drug-likeness (QED) is 0.715. The van der Waals surface area contributed by atoms with Crippen molar-refractivity contribution in [1.29, 1.82) is 5.26 Å². The number of hydrogen-bond acceptors (Lipinski definition) is 5. The van der Waals surface area contributed by atoms with E-state index in [0.717, 1.165) is 0 Å². The minimum Gasteiger partial charge on any atom is -0.463 e. The lowest BCUT2D eigenvalue weighted by Crippen LogP contribution is -2.04. The van der Waals surface area contributed by atoms with E-state index in [1.165, 1.54) is 4.68 Å². The first-order valence-corrected chi connectivity index (χ1v) is 3.98. The fraction of sp³-hybridized carbons (Fsp3) is 0.571. The van der Waals surface area contributed by atoms with Gasteiger partial charge in [0, 0.05) is 0 Å². The van der Waals surface area contributed by atoms with Crippen molar-refractivity contribution in [2.24, 2.45) is 0 Å². The van der Waals surface area contributed by atoms with E-state index in [9.17, 15) is 0 Å². The van der Waals surface area contributed by atoms with Crippen LogP contribution in [-0.2, 0) is 6.54 Å². The summed E-state index contributed by atoms with van der Waals surface area (Å²) in [4.78, 5) is 3.85. The molecule has 0 amide bonds. The van der Waals surface area contributed by atoms with E-state index in [0.29, 0.717) is 19.6 Å². The first-order chi connectivity index (χ1) is 6.27. The van der Waals surface area contributed by atoms with Gasteiger partial charge in [-0.15, -0.1) is 5.10 Å². The van der Waals surface area contributed by atoms with Gasteiger partial charge < -0.3 is 10.5 Å². The van der Waals surface area contributed by atoms with Gasteiger partial charge in [0.05, 0.1) is 25.6 Å². The number of nitrogens with two attached hydrogens (primary N) is 1. The Balaban J connectivity index is 2.67. The van der Waals surface area contributed by atoms with Crippen LogP contribution in [0.4, 0.5) is 5.95 Å². The number of anilines is 1. The average Bonchev–Trinajstić information content (AvgIpc) is 2.44. The summed E-state index contributed by atoms with van der Waals surface area (Å²) in [6, 6.07) is 2.26. The summed E-state index contributed by atoms with van der Waals surface area (Å²) in [7, 11) is 0. The number of aryl methyl sites for hydroxylation is 1. The third-order valence-corrected chi connectivity index (χ3v) is 1.39. The molecule has 1 rings (SSSR count). The zero-order valence-electron chi connectivity index (χ0n) is 7.40. The highest BCUT2D eigenvalue weighted by Gasteiger charge is 2.05. The van der Waals surface area contributed by atoms with Gasteiger partial charge in [-0.2, -0.15) is 10.2 Å². The lowest BCUT2D eigenvalue weighted by atomic mass is 10.5. The molecule has 2 N–H and O–H groups in total. The van der Waals surface area contributed by atoms with Crippen LogP contribution in [0.1, 0.15) is 13.3 Å². The minimum atomic E-state index is 0.262.